The highest BCUT2D eigenvalue weighted by Crippen LogP contribution is 2.38. The molecule has 0 bridgehead atoms. The number of hydrogen-bond acceptors (Lipinski definition) is 8. The zero-order valence-electron chi connectivity index (χ0n) is 17.3. The van der Waals surface area contributed by atoms with Gasteiger partial charge in [-0.05, 0) is 12.1 Å². The summed E-state index contributed by atoms with van der Waals surface area (Å²) >= 11 is 2.65. The summed E-state index contributed by atoms with van der Waals surface area (Å²) in [6.07, 6.45) is 0.227. The van der Waals surface area contributed by atoms with Gasteiger partial charge in [0.2, 0.25) is 11.8 Å². The Morgan fingerprint density at radius 2 is 2.06 bits per heavy atom. The van der Waals surface area contributed by atoms with Crippen molar-refractivity contribution in [2.75, 3.05) is 37.0 Å². The molecule has 1 atom stereocenters. The van der Waals surface area contributed by atoms with Gasteiger partial charge in [-0.3, -0.25) is 14.9 Å². The van der Waals surface area contributed by atoms with Gasteiger partial charge < -0.3 is 21.3 Å². The van der Waals surface area contributed by atoms with Gasteiger partial charge >= 0.3 is 6.03 Å². The number of nitrogens with two attached hydrogens (primary N) is 1. The molecule has 0 saturated carbocycles. The van der Waals surface area contributed by atoms with E-state index in [0.29, 0.717) is 33.1 Å². The number of thiazole rings is 2. The van der Waals surface area contributed by atoms with E-state index in [2.05, 4.69) is 25.9 Å². The molecule has 2 aromatic heterocycles. The fraction of sp³-hybridized carbons (Fsp3) is 0.250. The van der Waals surface area contributed by atoms with Crippen LogP contribution >= 0.6 is 22.7 Å². The van der Waals surface area contributed by atoms with Crippen LogP contribution in [0.5, 0.6) is 0 Å². The van der Waals surface area contributed by atoms with Crippen molar-refractivity contribution in [2.45, 2.75) is 6.42 Å². The number of anilines is 3. The number of nitrogen functional groups attached to an aromatic ring is 1. The SMILES string of the molecule is CNC(=O)Nc1nc(N)c(-c2nc(-c3cccc(NC(=O)C4CC(=O)N(C)C4)c3)cs2)s1. The standard InChI is InChI=1S/C20H21N7O3S2/c1-22-19(30)26-20-25-16(21)15(32-20)18-24-13(9-31-18)10-4-3-5-12(6-10)23-17(29)11-7-14(28)27(2)8-11/h3-6,9,11H,7-8,21H2,1-2H3,(H,23,29)(H2,22,25,26,30). The van der Waals surface area contributed by atoms with Gasteiger partial charge in [-0.15, -0.1) is 11.3 Å². The lowest BCUT2D eigenvalue weighted by molar-refractivity contribution is -0.127. The molecule has 3 heterocycles. The fourth-order valence-corrected chi connectivity index (χ4v) is 5.06. The van der Waals surface area contributed by atoms with E-state index in [1.54, 1.807) is 18.0 Å². The third-order valence-corrected chi connectivity index (χ3v) is 6.92. The minimum Gasteiger partial charge on any atom is -0.382 e. The Hall–Kier alpha value is -3.51. The number of urea groups is 1. The van der Waals surface area contributed by atoms with Crippen LogP contribution in [0.2, 0.25) is 0 Å². The highest BCUT2D eigenvalue weighted by atomic mass is 32.1. The molecule has 1 aromatic carbocycles. The molecule has 3 aromatic rings. The molecule has 0 aliphatic carbocycles. The number of aromatic nitrogens is 2. The molecule has 1 fully saturated rings. The van der Waals surface area contributed by atoms with Crippen LogP contribution in [0.4, 0.5) is 21.4 Å². The maximum atomic E-state index is 12.5. The first kappa shape index (κ1) is 21.7. The van der Waals surface area contributed by atoms with Gasteiger partial charge in [0.25, 0.3) is 0 Å². The summed E-state index contributed by atoms with van der Waals surface area (Å²) in [5.41, 5.74) is 8.21. The first-order valence-corrected chi connectivity index (χ1v) is 11.4. The molecular weight excluding hydrogens is 450 g/mol. The minimum absolute atomic E-state index is 0.0232. The lowest BCUT2D eigenvalue weighted by Crippen LogP contribution is -2.25. The summed E-state index contributed by atoms with van der Waals surface area (Å²) in [6.45, 7) is 0.423. The molecule has 166 valence electrons. The van der Waals surface area contributed by atoms with Crippen LogP contribution in [0.15, 0.2) is 29.6 Å². The number of benzene rings is 1. The molecule has 0 spiro atoms. The lowest BCUT2D eigenvalue weighted by Gasteiger charge is -2.11. The van der Waals surface area contributed by atoms with Crippen molar-refractivity contribution in [3.8, 4) is 21.1 Å². The Morgan fingerprint density at radius 3 is 2.78 bits per heavy atom. The largest absolute Gasteiger partial charge is 0.382 e. The summed E-state index contributed by atoms with van der Waals surface area (Å²) in [4.78, 5) is 46.8. The molecule has 4 amide bonds. The highest BCUT2D eigenvalue weighted by Gasteiger charge is 2.32. The monoisotopic (exact) mass is 471 g/mol. The molecule has 4 rings (SSSR count). The topological polar surface area (TPSA) is 142 Å². The van der Waals surface area contributed by atoms with Crippen molar-refractivity contribution in [1.29, 1.82) is 0 Å². The van der Waals surface area contributed by atoms with Crippen molar-refractivity contribution in [1.82, 2.24) is 20.2 Å². The molecule has 5 N–H and O–H groups in total. The Balaban J connectivity index is 1.50. The maximum absolute atomic E-state index is 12.5. The zero-order chi connectivity index (χ0) is 22.8. The third kappa shape index (κ3) is 4.55. The van der Waals surface area contributed by atoms with Crippen LogP contribution in [-0.4, -0.2) is 53.4 Å². The van der Waals surface area contributed by atoms with Crippen LogP contribution in [0.3, 0.4) is 0 Å². The van der Waals surface area contributed by atoms with Crippen LogP contribution in [0.25, 0.3) is 21.1 Å². The Labute approximate surface area is 191 Å². The van der Waals surface area contributed by atoms with E-state index in [9.17, 15) is 14.4 Å². The molecule has 12 heteroatoms. The first-order chi connectivity index (χ1) is 15.3. The van der Waals surface area contributed by atoms with Gasteiger partial charge in [-0.25, -0.2) is 14.8 Å². The average Bonchev–Trinajstić information content (AvgIpc) is 3.47. The highest BCUT2D eigenvalue weighted by molar-refractivity contribution is 7.23. The predicted molar refractivity (Wildman–Crippen MR) is 126 cm³/mol. The van der Waals surface area contributed by atoms with Crippen molar-refractivity contribution in [2.24, 2.45) is 5.92 Å². The average molecular weight is 472 g/mol. The molecular formula is C20H21N7O3S2. The Bertz CT molecular complexity index is 1190. The van der Waals surface area contributed by atoms with Crippen LogP contribution in [-0.2, 0) is 9.59 Å². The van der Waals surface area contributed by atoms with E-state index < -0.39 is 0 Å². The molecule has 10 nitrogen and oxygen atoms in total. The van der Waals surface area contributed by atoms with E-state index in [4.69, 9.17) is 5.73 Å². The summed E-state index contributed by atoms with van der Waals surface area (Å²) in [5, 5.41) is 10.9. The predicted octanol–water partition coefficient (Wildman–Crippen LogP) is 2.68. The van der Waals surface area contributed by atoms with E-state index in [0.717, 1.165) is 11.3 Å². The molecule has 1 aliphatic rings. The number of amides is 4. The maximum Gasteiger partial charge on any atom is 0.320 e. The van der Waals surface area contributed by atoms with E-state index in [-0.39, 0.29) is 30.2 Å². The second-order valence-electron chi connectivity index (χ2n) is 7.22. The van der Waals surface area contributed by atoms with Gasteiger partial charge in [0.05, 0.1) is 11.6 Å². The molecule has 1 saturated heterocycles. The van der Waals surface area contributed by atoms with Gasteiger partial charge in [-0.2, -0.15) is 0 Å². The van der Waals surface area contributed by atoms with Gasteiger partial charge in [0, 0.05) is 43.7 Å². The second-order valence-corrected chi connectivity index (χ2v) is 9.08. The van der Waals surface area contributed by atoms with Crippen molar-refractivity contribution in [3.05, 3.63) is 29.6 Å². The van der Waals surface area contributed by atoms with E-state index >= 15 is 0 Å². The number of nitrogens with zero attached hydrogens (tertiary/aromatic N) is 3. The smallest absolute Gasteiger partial charge is 0.320 e. The molecule has 1 unspecified atom stereocenters. The van der Waals surface area contributed by atoms with Gasteiger partial charge in [0.1, 0.15) is 15.7 Å². The van der Waals surface area contributed by atoms with Crippen molar-refractivity contribution >= 4 is 57.2 Å². The number of nitrogens with one attached hydrogen (secondary N) is 3. The fourth-order valence-electron chi connectivity index (χ4n) is 3.25. The Kier molecular flexibility index (Phi) is 6.06. The molecule has 0 radical (unpaired) electrons. The summed E-state index contributed by atoms with van der Waals surface area (Å²) in [5.74, 6) is -0.259. The molecule has 32 heavy (non-hydrogen) atoms. The second kappa shape index (κ2) is 8.93. The van der Waals surface area contributed by atoms with Crippen LogP contribution in [0.1, 0.15) is 6.42 Å². The number of carbonyl (C=O) groups excluding carboxylic acids is 3. The summed E-state index contributed by atoms with van der Waals surface area (Å²) in [7, 11) is 3.21. The number of rotatable bonds is 5. The van der Waals surface area contributed by atoms with E-state index in [1.165, 1.54) is 29.7 Å². The van der Waals surface area contributed by atoms with Gasteiger partial charge in [-0.1, -0.05) is 23.5 Å². The molecule has 1 aliphatic heterocycles. The Morgan fingerprint density at radius 1 is 1.25 bits per heavy atom. The lowest BCUT2D eigenvalue weighted by atomic mass is 10.1. The number of hydrogen-bond donors (Lipinski definition) is 4. The minimum atomic E-state index is -0.377. The summed E-state index contributed by atoms with van der Waals surface area (Å²) < 4.78 is 0. The first-order valence-electron chi connectivity index (χ1n) is 9.70. The van der Waals surface area contributed by atoms with Crippen LogP contribution in [0, 0.1) is 5.92 Å². The van der Waals surface area contributed by atoms with E-state index in [1.807, 2.05) is 23.6 Å². The zero-order valence-corrected chi connectivity index (χ0v) is 19.0. The van der Waals surface area contributed by atoms with Crippen molar-refractivity contribution in [3.63, 3.8) is 0 Å². The van der Waals surface area contributed by atoms with Gasteiger partial charge in [0.15, 0.2) is 5.13 Å². The van der Waals surface area contributed by atoms with Crippen molar-refractivity contribution < 1.29 is 14.4 Å². The van der Waals surface area contributed by atoms with Crippen LogP contribution < -0.4 is 21.7 Å². The third-order valence-electron chi connectivity index (χ3n) is 4.94. The normalized spacial score (nSPS) is 15.6. The summed E-state index contributed by atoms with van der Waals surface area (Å²) in [6, 6.07) is 6.99. The quantitative estimate of drug-likeness (QED) is 0.451. The number of carbonyl (C=O) groups is 3. The number of likely N-dealkylation sites (tertiary alicyclic amines) is 1.